The van der Waals surface area contributed by atoms with Crippen LogP contribution in [-0.2, 0) is 6.54 Å². The summed E-state index contributed by atoms with van der Waals surface area (Å²) in [5.74, 6) is 0.491. The average molecular weight is 349 g/mol. The molecule has 0 heterocycles. The van der Waals surface area contributed by atoms with Crippen molar-refractivity contribution in [3.63, 3.8) is 0 Å². The second kappa shape index (κ2) is 6.63. The first kappa shape index (κ1) is 15.4. The van der Waals surface area contributed by atoms with Crippen LogP contribution in [0.3, 0.4) is 0 Å². The third kappa shape index (κ3) is 3.76. The molecule has 110 valence electrons. The van der Waals surface area contributed by atoms with Crippen molar-refractivity contribution in [3.05, 3.63) is 58.1 Å². The minimum Gasteiger partial charge on any atom is -0.495 e. The standard InChI is InChI=1S/C16H17BrN2O2/c1-19(10-11-4-3-5-13(17)8-11)16(20)12-6-7-15(21-2)14(18)9-12/h3-9H,10,18H2,1-2H3. The molecule has 0 aliphatic heterocycles. The Hall–Kier alpha value is -2.01. The molecule has 2 aromatic rings. The number of carbonyl (C=O) groups excluding carboxylic acids is 1. The van der Waals surface area contributed by atoms with E-state index in [1.807, 2.05) is 24.3 Å². The number of nitrogen functional groups attached to an aromatic ring is 1. The third-order valence-electron chi connectivity index (χ3n) is 3.13. The van der Waals surface area contributed by atoms with Crippen molar-refractivity contribution < 1.29 is 9.53 Å². The van der Waals surface area contributed by atoms with Crippen LogP contribution >= 0.6 is 15.9 Å². The number of hydrogen-bond donors (Lipinski definition) is 1. The Kier molecular flexibility index (Phi) is 4.85. The van der Waals surface area contributed by atoms with Crippen LogP contribution in [0.4, 0.5) is 5.69 Å². The SMILES string of the molecule is COc1ccc(C(=O)N(C)Cc2cccc(Br)c2)cc1N. The van der Waals surface area contributed by atoms with Gasteiger partial charge in [-0.1, -0.05) is 28.1 Å². The van der Waals surface area contributed by atoms with E-state index in [9.17, 15) is 4.79 Å². The second-order valence-corrected chi connectivity index (χ2v) is 5.66. The zero-order chi connectivity index (χ0) is 15.4. The summed E-state index contributed by atoms with van der Waals surface area (Å²) in [6.07, 6.45) is 0. The number of methoxy groups -OCH3 is 1. The fraction of sp³-hybridized carbons (Fsp3) is 0.188. The van der Waals surface area contributed by atoms with Crippen molar-refractivity contribution in [2.45, 2.75) is 6.54 Å². The molecule has 0 bridgehead atoms. The number of rotatable bonds is 4. The number of nitrogens with two attached hydrogens (primary N) is 1. The van der Waals surface area contributed by atoms with Gasteiger partial charge in [0, 0.05) is 23.6 Å². The van der Waals surface area contributed by atoms with Crippen molar-refractivity contribution in [3.8, 4) is 5.75 Å². The van der Waals surface area contributed by atoms with Gasteiger partial charge in [0.15, 0.2) is 0 Å². The summed E-state index contributed by atoms with van der Waals surface area (Å²) in [5, 5.41) is 0. The molecule has 0 aliphatic carbocycles. The summed E-state index contributed by atoms with van der Waals surface area (Å²) in [6.45, 7) is 0.532. The quantitative estimate of drug-likeness (QED) is 0.862. The van der Waals surface area contributed by atoms with Gasteiger partial charge >= 0.3 is 0 Å². The Balaban J connectivity index is 2.14. The van der Waals surface area contributed by atoms with E-state index in [0.717, 1.165) is 10.0 Å². The van der Waals surface area contributed by atoms with E-state index < -0.39 is 0 Å². The van der Waals surface area contributed by atoms with Gasteiger partial charge in [0.2, 0.25) is 0 Å². The summed E-state index contributed by atoms with van der Waals surface area (Å²) >= 11 is 3.43. The largest absolute Gasteiger partial charge is 0.495 e. The summed E-state index contributed by atoms with van der Waals surface area (Å²) in [6, 6.07) is 12.9. The number of hydrogen-bond acceptors (Lipinski definition) is 3. The molecular formula is C16H17BrN2O2. The number of amides is 1. The highest BCUT2D eigenvalue weighted by Gasteiger charge is 2.13. The number of carbonyl (C=O) groups is 1. The van der Waals surface area contributed by atoms with Gasteiger partial charge in [-0.05, 0) is 35.9 Å². The maximum Gasteiger partial charge on any atom is 0.253 e. The summed E-state index contributed by atoms with van der Waals surface area (Å²) in [5.41, 5.74) is 7.90. The first-order valence-electron chi connectivity index (χ1n) is 6.44. The van der Waals surface area contributed by atoms with Gasteiger partial charge in [-0.3, -0.25) is 4.79 Å². The zero-order valence-corrected chi connectivity index (χ0v) is 13.6. The van der Waals surface area contributed by atoms with Gasteiger partial charge in [0.25, 0.3) is 5.91 Å². The summed E-state index contributed by atoms with van der Waals surface area (Å²) in [7, 11) is 3.32. The van der Waals surface area contributed by atoms with Crippen molar-refractivity contribution >= 4 is 27.5 Å². The smallest absolute Gasteiger partial charge is 0.253 e. The number of nitrogens with zero attached hydrogens (tertiary/aromatic N) is 1. The van der Waals surface area contributed by atoms with E-state index in [0.29, 0.717) is 23.5 Å². The van der Waals surface area contributed by atoms with Crippen LogP contribution in [-0.4, -0.2) is 25.0 Å². The Labute approximate surface area is 132 Å². The molecule has 0 atom stereocenters. The number of anilines is 1. The van der Waals surface area contributed by atoms with E-state index in [-0.39, 0.29) is 5.91 Å². The maximum absolute atomic E-state index is 12.4. The van der Waals surface area contributed by atoms with Gasteiger partial charge in [0.1, 0.15) is 5.75 Å². The molecule has 21 heavy (non-hydrogen) atoms. The third-order valence-corrected chi connectivity index (χ3v) is 3.63. The lowest BCUT2D eigenvalue weighted by molar-refractivity contribution is 0.0785. The van der Waals surface area contributed by atoms with Crippen molar-refractivity contribution in [1.82, 2.24) is 4.90 Å². The zero-order valence-electron chi connectivity index (χ0n) is 12.0. The highest BCUT2D eigenvalue weighted by atomic mass is 79.9. The lowest BCUT2D eigenvalue weighted by Crippen LogP contribution is -2.26. The Morgan fingerprint density at radius 2 is 2.05 bits per heavy atom. The molecule has 2 aromatic carbocycles. The summed E-state index contributed by atoms with van der Waals surface area (Å²) in [4.78, 5) is 14.1. The predicted molar refractivity (Wildman–Crippen MR) is 87.3 cm³/mol. The second-order valence-electron chi connectivity index (χ2n) is 4.75. The molecule has 0 spiro atoms. The molecule has 0 aromatic heterocycles. The van der Waals surface area contributed by atoms with E-state index in [4.69, 9.17) is 10.5 Å². The molecule has 0 aliphatic rings. The monoisotopic (exact) mass is 348 g/mol. The molecule has 0 saturated heterocycles. The molecule has 0 saturated carbocycles. The van der Waals surface area contributed by atoms with E-state index in [1.165, 1.54) is 0 Å². The number of ether oxygens (including phenoxy) is 1. The fourth-order valence-electron chi connectivity index (χ4n) is 2.07. The number of halogens is 1. The lowest BCUT2D eigenvalue weighted by atomic mass is 10.1. The molecule has 0 fully saturated rings. The van der Waals surface area contributed by atoms with E-state index in [2.05, 4.69) is 15.9 Å². The fourth-order valence-corrected chi connectivity index (χ4v) is 2.52. The van der Waals surface area contributed by atoms with E-state index in [1.54, 1.807) is 37.3 Å². The van der Waals surface area contributed by atoms with E-state index >= 15 is 0 Å². The van der Waals surface area contributed by atoms with Crippen molar-refractivity contribution in [2.75, 3.05) is 19.9 Å². The molecule has 2 rings (SSSR count). The Morgan fingerprint density at radius 1 is 1.29 bits per heavy atom. The van der Waals surface area contributed by atoms with Gasteiger partial charge in [-0.15, -0.1) is 0 Å². The van der Waals surface area contributed by atoms with Gasteiger partial charge in [-0.2, -0.15) is 0 Å². The van der Waals surface area contributed by atoms with Crippen LogP contribution in [0.2, 0.25) is 0 Å². The van der Waals surface area contributed by atoms with Crippen LogP contribution in [0.25, 0.3) is 0 Å². The molecule has 5 heteroatoms. The van der Waals surface area contributed by atoms with Gasteiger partial charge in [0.05, 0.1) is 12.8 Å². The normalized spacial score (nSPS) is 10.2. The highest BCUT2D eigenvalue weighted by Crippen LogP contribution is 2.23. The first-order chi connectivity index (χ1) is 10.0. The minimum absolute atomic E-state index is 0.0793. The topological polar surface area (TPSA) is 55.6 Å². The first-order valence-corrected chi connectivity index (χ1v) is 7.24. The predicted octanol–water partition coefficient (Wildman–Crippen LogP) is 3.31. The molecule has 2 N–H and O–H groups in total. The molecule has 0 radical (unpaired) electrons. The Morgan fingerprint density at radius 3 is 2.67 bits per heavy atom. The van der Waals surface area contributed by atoms with Crippen molar-refractivity contribution in [1.29, 1.82) is 0 Å². The molecule has 1 amide bonds. The number of benzene rings is 2. The Bertz CT molecular complexity index is 658. The summed E-state index contributed by atoms with van der Waals surface area (Å²) < 4.78 is 6.09. The maximum atomic E-state index is 12.4. The van der Waals surface area contributed by atoms with Crippen molar-refractivity contribution in [2.24, 2.45) is 0 Å². The van der Waals surface area contributed by atoms with Gasteiger partial charge < -0.3 is 15.4 Å². The highest BCUT2D eigenvalue weighted by molar-refractivity contribution is 9.10. The van der Waals surface area contributed by atoms with Crippen LogP contribution in [0.1, 0.15) is 15.9 Å². The molecule has 0 unspecified atom stereocenters. The molecular weight excluding hydrogens is 332 g/mol. The lowest BCUT2D eigenvalue weighted by Gasteiger charge is -2.18. The van der Waals surface area contributed by atoms with Crippen LogP contribution in [0, 0.1) is 0 Å². The average Bonchev–Trinajstić information content (AvgIpc) is 2.46. The minimum atomic E-state index is -0.0793. The van der Waals surface area contributed by atoms with Gasteiger partial charge in [-0.25, -0.2) is 0 Å². The van der Waals surface area contributed by atoms with Crippen LogP contribution < -0.4 is 10.5 Å². The van der Waals surface area contributed by atoms with Crippen LogP contribution in [0.5, 0.6) is 5.75 Å². The van der Waals surface area contributed by atoms with Crippen LogP contribution in [0.15, 0.2) is 46.9 Å². The molecule has 4 nitrogen and oxygen atoms in total.